The van der Waals surface area contributed by atoms with Crippen LogP contribution in [-0.4, -0.2) is 86.1 Å². The van der Waals surface area contributed by atoms with Crippen LogP contribution in [0, 0.1) is 34.0 Å². The van der Waals surface area contributed by atoms with Gasteiger partial charge in [0.25, 0.3) is 0 Å². The summed E-state index contributed by atoms with van der Waals surface area (Å²) in [6, 6.07) is 0. The van der Waals surface area contributed by atoms with Gasteiger partial charge < -0.3 is 40.1 Å². The Bertz CT molecular complexity index is 877. The lowest BCUT2D eigenvalue weighted by Crippen LogP contribution is -2.69. The molecule has 1 spiro atoms. The molecule has 5 aliphatic rings. The van der Waals surface area contributed by atoms with E-state index in [0.29, 0.717) is 18.8 Å². The SMILES string of the molecule is C=C1CC23CC1CCC2C1(C)CCCC(C)(C(=O)OC2OC(CO)C(O)C(O)C2O)C1C(O)C3O. The molecule has 1 saturated heterocycles. The maximum absolute atomic E-state index is 13.7. The first-order valence-electron chi connectivity index (χ1n) is 13.0. The van der Waals surface area contributed by atoms with Gasteiger partial charge in [0.05, 0.1) is 24.2 Å². The Morgan fingerprint density at radius 3 is 2.46 bits per heavy atom. The largest absolute Gasteiger partial charge is 0.432 e. The number of carbonyl (C=O) groups excluding carboxylic acids is 1. The van der Waals surface area contributed by atoms with Crippen molar-refractivity contribution in [1.29, 1.82) is 0 Å². The Morgan fingerprint density at radius 2 is 1.77 bits per heavy atom. The van der Waals surface area contributed by atoms with E-state index in [4.69, 9.17) is 9.47 Å². The van der Waals surface area contributed by atoms with Crippen molar-refractivity contribution in [3.63, 3.8) is 0 Å². The molecule has 6 N–H and O–H groups in total. The van der Waals surface area contributed by atoms with Gasteiger partial charge in [-0.15, -0.1) is 0 Å². The lowest BCUT2D eigenvalue weighted by atomic mass is 9.39. The van der Waals surface area contributed by atoms with Gasteiger partial charge >= 0.3 is 5.97 Å². The predicted octanol–water partition coefficient (Wildman–Crippen LogP) is 0.240. The Hall–Kier alpha value is -1.07. The van der Waals surface area contributed by atoms with E-state index in [1.165, 1.54) is 0 Å². The molecule has 1 aliphatic heterocycles. The number of rotatable bonds is 3. The summed E-state index contributed by atoms with van der Waals surface area (Å²) >= 11 is 0. The number of aliphatic hydroxyl groups excluding tert-OH is 6. The van der Waals surface area contributed by atoms with Crippen molar-refractivity contribution < 1.29 is 44.9 Å². The molecular weight excluding hydrogens is 456 g/mol. The molecule has 1 heterocycles. The van der Waals surface area contributed by atoms with Crippen LogP contribution in [0.5, 0.6) is 0 Å². The van der Waals surface area contributed by atoms with E-state index in [1.54, 1.807) is 6.92 Å². The van der Waals surface area contributed by atoms with Crippen LogP contribution in [0.2, 0.25) is 0 Å². The van der Waals surface area contributed by atoms with Gasteiger partial charge in [0.2, 0.25) is 6.29 Å². The third-order valence-corrected chi connectivity index (χ3v) is 10.7. The van der Waals surface area contributed by atoms with E-state index >= 15 is 0 Å². The zero-order chi connectivity index (χ0) is 25.5. The summed E-state index contributed by atoms with van der Waals surface area (Å²) in [5.74, 6) is -0.755. The van der Waals surface area contributed by atoms with Crippen LogP contribution >= 0.6 is 0 Å². The second kappa shape index (κ2) is 8.48. The van der Waals surface area contributed by atoms with Crippen LogP contribution < -0.4 is 0 Å². The smallest absolute Gasteiger partial charge is 0.314 e. The standard InChI is InChI=1S/C26H40O9/c1-12-9-26-10-13(12)5-6-15(26)24(2)7-4-8-25(3,20(24)19(31)21(26)32)23(33)35-22-18(30)17(29)16(28)14(11-27)34-22/h13-22,27-32H,1,4-11H2,2-3H3. The molecule has 0 amide bonds. The van der Waals surface area contributed by atoms with Crippen molar-refractivity contribution in [1.82, 2.24) is 0 Å². The second-order valence-corrected chi connectivity index (χ2v) is 12.4. The fraction of sp³-hybridized carbons (Fsp3) is 0.885. The fourth-order valence-corrected chi connectivity index (χ4v) is 9.08. The highest BCUT2D eigenvalue weighted by Gasteiger charge is 2.71. The number of esters is 1. The summed E-state index contributed by atoms with van der Waals surface area (Å²) in [6.45, 7) is 7.52. The highest BCUT2D eigenvalue weighted by Crippen LogP contribution is 2.72. The van der Waals surface area contributed by atoms with Crippen LogP contribution in [0.25, 0.3) is 0 Å². The summed E-state index contributed by atoms with van der Waals surface area (Å²) in [6.07, 6.45) is -4.34. The van der Waals surface area contributed by atoms with Crippen LogP contribution in [0.3, 0.4) is 0 Å². The monoisotopic (exact) mass is 496 g/mol. The quantitative estimate of drug-likeness (QED) is 0.238. The molecule has 0 aromatic rings. The minimum absolute atomic E-state index is 0.133. The topological polar surface area (TPSA) is 157 Å². The third-order valence-electron chi connectivity index (χ3n) is 10.7. The molecule has 4 saturated carbocycles. The van der Waals surface area contributed by atoms with Crippen molar-refractivity contribution in [2.45, 2.75) is 102 Å². The molecule has 4 aliphatic carbocycles. The summed E-state index contributed by atoms with van der Waals surface area (Å²) in [4.78, 5) is 13.7. The van der Waals surface area contributed by atoms with E-state index in [0.717, 1.165) is 37.7 Å². The van der Waals surface area contributed by atoms with Gasteiger partial charge in [0.15, 0.2) is 0 Å². The Labute approximate surface area is 205 Å². The van der Waals surface area contributed by atoms with E-state index in [1.807, 2.05) is 0 Å². The summed E-state index contributed by atoms with van der Waals surface area (Å²) < 4.78 is 11.0. The summed E-state index contributed by atoms with van der Waals surface area (Å²) in [5.41, 5.74) is -0.846. The molecule has 13 atom stereocenters. The van der Waals surface area contributed by atoms with Crippen LogP contribution in [0.15, 0.2) is 12.2 Å². The average molecular weight is 497 g/mol. The average Bonchev–Trinajstić information content (AvgIpc) is 3.07. The Kier molecular flexibility index (Phi) is 6.19. The molecule has 5 rings (SSSR count). The molecular formula is C26H40O9. The number of allylic oxidation sites excluding steroid dienone is 1. The van der Waals surface area contributed by atoms with Crippen molar-refractivity contribution in [2.24, 2.45) is 34.0 Å². The Morgan fingerprint density at radius 1 is 1.06 bits per heavy atom. The fourth-order valence-electron chi connectivity index (χ4n) is 9.08. The number of aliphatic hydroxyl groups is 6. The minimum atomic E-state index is -1.69. The van der Waals surface area contributed by atoms with E-state index in [9.17, 15) is 35.4 Å². The number of ether oxygens (including phenoxy) is 2. The number of carbonyl (C=O) groups is 1. The molecule has 13 unspecified atom stereocenters. The van der Waals surface area contributed by atoms with Gasteiger partial charge in [-0.25, -0.2) is 0 Å². The summed E-state index contributed by atoms with van der Waals surface area (Å²) in [7, 11) is 0. The van der Waals surface area contributed by atoms with Crippen LogP contribution in [0.4, 0.5) is 0 Å². The first-order valence-corrected chi connectivity index (χ1v) is 13.0. The zero-order valence-electron chi connectivity index (χ0n) is 20.5. The van der Waals surface area contributed by atoms with Gasteiger partial charge in [-0.05, 0) is 62.7 Å². The third kappa shape index (κ3) is 3.42. The van der Waals surface area contributed by atoms with Crippen LogP contribution in [-0.2, 0) is 14.3 Å². The molecule has 2 bridgehead atoms. The van der Waals surface area contributed by atoms with Crippen molar-refractivity contribution >= 4 is 5.97 Å². The molecule has 0 aromatic carbocycles. The maximum atomic E-state index is 13.7. The van der Waals surface area contributed by atoms with E-state index in [2.05, 4.69) is 13.5 Å². The van der Waals surface area contributed by atoms with E-state index < -0.39 is 77.7 Å². The normalized spacial score (nSPS) is 55.7. The van der Waals surface area contributed by atoms with Crippen molar-refractivity contribution in [3.8, 4) is 0 Å². The van der Waals surface area contributed by atoms with Crippen LogP contribution in [0.1, 0.15) is 58.8 Å². The van der Waals surface area contributed by atoms with Crippen molar-refractivity contribution in [2.75, 3.05) is 6.61 Å². The van der Waals surface area contributed by atoms with Gasteiger partial charge in [-0.3, -0.25) is 4.79 Å². The zero-order valence-corrected chi connectivity index (χ0v) is 20.5. The minimum Gasteiger partial charge on any atom is -0.432 e. The molecule has 0 aromatic heterocycles. The molecule has 198 valence electrons. The Balaban J connectivity index is 1.45. The highest BCUT2D eigenvalue weighted by molar-refractivity contribution is 5.77. The molecule has 35 heavy (non-hydrogen) atoms. The number of hydrogen-bond acceptors (Lipinski definition) is 9. The lowest BCUT2D eigenvalue weighted by molar-refractivity contribution is -0.302. The molecule has 0 radical (unpaired) electrons. The van der Waals surface area contributed by atoms with Gasteiger partial charge in [-0.1, -0.05) is 25.5 Å². The van der Waals surface area contributed by atoms with Gasteiger partial charge in [-0.2, -0.15) is 0 Å². The molecule has 9 heteroatoms. The first-order chi connectivity index (χ1) is 16.4. The molecule has 9 nitrogen and oxygen atoms in total. The van der Waals surface area contributed by atoms with Gasteiger partial charge in [0.1, 0.15) is 24.4 Å². The first kappa shape index (κ1) is 25.6. The number of fused-ring (bicyclic) bond motifs is 3. The van der Waals surface area contributed by atoms with Gasteiger partial charge in [0, 0.05) is 11.3 Å². The highest BCUT2D eigenvalue weighted by atomic mass is 16.7. The predicted molar refractivity (Wildman–Crippen MR) is 122 cm³/mol. The number of hydrogen-bond donors (Lipinski definition) is 6. The maximum Gasteiger partial charge on any atom is 0.314 e. The second-order valence-electron chi connectivity index (χ2n) is 12.4. The summed E-state index contributed by atoms with van der Waals surface area (Å²) in [5, 5.41) is 63.1. The van der Waals surface area contributed by atoms with Crippen molar-refractivity contribution in [3.05, 3.63) is 12.2 Å². The lowest BCUT2D eigenvalue weighted by Gasteiger charge is -2.66. The molecule has 5 fully saturated rings. The van der Waals surface area contributed by atoms with E-state index in [-0.39, 0.29) is 5.92 Å².